The van der Waals surface area contributed by atoms with Crippen molar-refractivity contribution in [2.45, 2.75) is 51.0 Å². The molecule has 7 nitrogen and oxygen atoms in total. The minimum absolute atomic E-state index is 0.00425. The van der Waals surface area contributed by atoms with Crippen LogP contribution in [0.2, 0.25) is 0 Å². The number of ether oxygens (including phenoxy) is 1. The summed E-state index contributed by atoms with van der Waals surface area (Å²) in [4.78, 5) is 15.6. The third-order valence-electron chi connectivity index (χ3n) is 3.58. The molecule has 0 saturated carbocycles. The fraction of sp³-hybridized carbons (Fsp3) is 0.571. The fourth-order valence-corrected chi connectivity index (χ4v) is 2.58. The second-order valence-corrected chi connectivity index (χ2v) is 5.26. The number of hydrogen-bond acceptors (Lipinski definition) is 6. The molecule has 4 N–H and O–H groups in total. The van der Waals surface area contributed by atoms with Gasteiger partial charge in [0.05, 0.1) is 6.10 Å². The van der Waals surface area contributed by atoms with Gasteiger partial charge in [0, 0.05) is 5.69 Å². The highest BCUT2D eigenvalue weighted by Gasteiger charge is 2.59. The van der Waals surface area contributed by atoms with Crippen LogP contribution in [0.25, 0.3) is 0 Å². The molecule has 2 unspecified atom stereocenters. The third kappa shape index (κ3) is 2.47. The Kier molecular flexibility index (Phi) is 4.24. The summed E-state index contributed by atoms with van der Waals surface area (Å²) in [5.41, 5.74) is 2.41. The number of nitrogens with zero attached hydrogens (tertiary/aromatic N) is 2. The summed E-state index contributed by atoms with van der Waals surface area (Å²) in [5.74, 6) is 4.63. The van der Waals surface area contributed by atoms with E-state index < -0.39 is 35.9 Å². The van der Waals surface area contributed by atoms with E-state index in [1.807, 2.05) is 0 Å². The Labute approximate surface area is 126 Å². The molecule has 8 heteroatoms. The van der Waals surface area contributed by atoms with Crippen LogP contribution in [0.4, 0.5) is 10.2 Å². The second-order valence-electron chi connectivity index (χ2n) is 5.26. The number of aliphatic hydroxyl groups is 2. The zero-order chi connectivity index (χ0) is 16.7. The summed E-state index contributed by atoms with van der Waals surface area (Å²) in [7, 11) is 0. The molecule has 1 fully saturated rings. The second kappa shape index (κ2) is 5.68. The van der Waals surface area contributed by atoms with Gasteiger partial charge < -0.3 is 20.7 Å². The molecule has 0 amide bonds. The number of aryl methyl sites for hydroxylation is 1. The molecule has 0 spiro atoms. The average Bonchev–Trinajstić information content (AvgIpc) is 2.63. The molecule has 1 saturated heterocycles. The molecule has 0 aromatic carbocycles. The molecule has 5 atom stereocenters. The van der Waals surface area contributed by atoms with Crippen molar-refractivity contribution in [3.63, 3.8) is 0 Å². The maximum atomic E-state index is 15.2. The first-order chi connectivity index (χ1) is 10.2. The van der Waals surface area contributed by atoms with Crippen molar-refractivity contribution in [3.05, 3.63) is 22.2 Å². The highest BCUT2D eigenvalue weighted by atomic mass is 19.1. The van der Waals surface area contributed by atoms with Crippen LogP contribution in [0.1, 0.15) is 25.8 Å². The normalized spacial score (nSPS) is 32.4. The molecule has 0 aliphatic carbocycles. The van der Waals surface area contributed by atoms with Crippen LogP contribution in [-0.2, 0) is 4.74 Å². The number of alkyl halides is 1. The molecule has 1 aromatic heterocycles. The number of halogens is 1. The molecular weight excluding hydrogens is 293 g/mol. The van der Waals surface area contributed by atoms with Gasteiger partial charge >= 0.3 is 5.69 Å². The van der Waals surface area contributed by atoms with Crippen LogP contribution in [0.5, 0.6) is 0 Å². The van der Waals surface area contributed by atoms with Crippen molar-refractivity contribution >= 4 is 5.82 Å². The monoisotopic (exact) mass is 311 g/mol. The van der Waals surface area contributed by atoms with Crippen LogP contribution in [0.15, 0.2) is 10.9 Å². The summed E-state index contributed by atoms with van der Waals surface area (Å²) in [5, 5.41) is 19.8. The molecular formula is C14H18FN3O4. The maximum Gasteiger partial charge on any atom is 0.351 e. The number of aliphatic hydroxyl groups excluding tert-OH is 2. The van der Waals surface area contributed by atoms with Crippen LogP contribution in [0, 0.1) is 18.8 Å². The Balaban J connectivity index is 2.62. The zero-order valence-corrected chi connectivity index (χ0v) is 12.4. The van der Waals surface area contributed by atoms with Crippen LogP contribution < -0.4 is 11.4 Å². The number of rotatable bonds is 2. The van der Waals surface area contributed by atoms with E-state index in [0.29, 0.717) is 5.69 Å². The molecule has 2 heterocycles. The van der Waals surface area contributed by atoms with Gasteiger partial charge in [-0.15, -0.1) is 5.92 Å². The average molecular weight is 311 g/mol. The van der Waals surface area contributed by atoms with E-state index in [1.54, 1.807) is 0 Å². The van der Waals surface area contributed by atoms with Gasteiger partial charge in [-0.1, -0.05) is 5.92 Å². The van der Waals surface area contributed by atoms with Gasteiger partial charge in [0.2, 0.25) is 5.67 Å². The Morgan fingerprint density at radius 2 is 2.27 bits per heavy atom. The summed E-state index contributed by atoms with van der Waals surface area (Å²) >= 11 is 0. The standard InChI is InChI=1S/C14H18FN3O4/c1-4-5-14(15)11(20)10(8(3)19)22-12(14)18-7(2)6-9(16)17-13(18)21/h6,8,10-12,19-20H,1-3H3,(H2,16,17,21)/t8-,10+,11?,12+,14?/m0/s1. The van der Waals surface area contributed by atoms with Crippen molar-refractivity contribution in [2.24, 2.45) is 0 Å². The van der Waals surface area contributed by atoms with Gasteiger partial charge in [0.25, 0.3) is 0 Å². The predicted octanol–water partition coefficient (Wildman–Crippen LogP) is -0.495. The minimum Gasteiger partial charge on any atom is -0.391 e. The third-order valence-corrected chi connectivity index (χ3v) is 3.58. The fourth-order valence-electron chi connectivity index (χ4n) is 2.58. The van der Waals surface area contributed by atoms with Gasteiger partial charge in [0.15, 0.2) is 6.23 Å². The number of hydrogen-bond donors (Lipinski definition) is 3. The van der Waals surface area contributed by atoms with Gasteiger partial charge in [-0.3, -0.25) is 4.57 Å². The van der Waals surface area contributed by atoms with Gasteiger partial charge in [-0.2, -0.15) is 4.98 Å². The van der Waals surface area contributed by atoms with E-state index in [-0.39, 0.29) is 5.82 Å². The smallest absolute Gasteiger partial charge is 0.351 e. The Hall–Kier alpha value is -1.95. The highest BCUT2D eigenvalue weighted by Crippen LogP contribution is 2.42. The Bertz CT molecular complexity index is 694. The molecule has 120 valence electrons. The highest BCUT2D eigenvalue weighted by molar-refractivity contribution is 5.30. The number of anilines is 1. The molecule has 2 rings (SSSR count). The molecule has 0 radical (unpaired) electrons. The first-order valence-electron chi connectivity index (χ1n) is 6.72. The summed E-state index contributed by atoms with van der Waals surface area (Å²) < 4.78 is 21.6. The van der Waals surface area contributed by atoms with Crippen LogP contribution in [-0.4, -0.2) is 43.7 Å². The molecule has 1 aromatic rings. The number of nitrogen functional groups attached to an aromatic ring is 1. The van der Waals surface area contributed by atoms with Crippen molar-refractivity contribution in [1.29, 1.82) is 0 Å². The lowest BCUT2D eigenvalue weighted by Gasteiger charge is -2.25. The van der Waals surface area contributed by atoms with Crippen molar-refractivity contribution in [2.75, 3.05) is 5.73 Å². The van der Waals surface area contributed by atoms with E-state index in [9.17, 15) is 15.0 Å². The van der Waals surface area contributed by atoms with Crippen LogP contribution in [0.3, 0.4) is 0 Å². The Morgan fingerprint density at radius 3 is 2.77 bits per heavy atom. The largest absolute Gasteiger partial charge is 0.391 e. The quantitative estimate of drug-likeness (QED) is 0.635. The van der Waals surface area contributed by atoms with Gasteiger partial charge in [-0.05, 0) is 26.8 Å². The Morgan fingerprint density at radius 1 is 1.64 bits per heavy atom. The lowest BCUT2D eigenvalue weighted by molar-refractivity contribution is -0.0808. The molecule has 22 heavy (non-hydrogen) atoms. The van der Waals surface area contributed by atoms with E-state index in [4.69, 9.17) is 10.5 Å². The van der Waals surface area contributed by atoms with E-state index in [2.05, 4.69) is 16.8 Å². The SMILES string of the molecule is CC#CC1(F)C(O)[C@@H]([C@H](C)O)O[C@H]1n1c(C)cc(N)nc1=O. The summed E-state index contributed by atoms with van der Waals surface area (Å²) in [6, 6.07) is 1.38. The zero-order valence-electron chi connectivity index (χ0n) is 12.4. The minimum atomic E-state index is -2.55. The van der Waals surface area contributed by atoms with E-state index >= 15 is 4.39 Å². The molecule has 0 bridgehead atoms. The number of nitrogens with two attached hydrogens (primary N) is 1. The topological polar surface area (TPSA) is 111 Å². The van der Waals surface area contributed by atoms with E-state index in [0.717, 1.165) is 4.57 Å². The lowest BCUT2D eigenvalue weighted by Crippen LogP contribution is -2.46. The molecule has 1 aliphatic heterocycles. The van der Waals surface area contributed by atoms with Crippen molar-refractivity contribution in [3.8, 4) is 11.8 Å². The van der Waals surface area contributed by atoms with Gasteiger partial charge in [-0.25, -0.2) is 9.18 Å². The first kappa shape index (κ1) is 16.4. The molecule has 1 aliphatic rings. The first-order valence-corrected chi connectivity index (χ1v) is 6.72. The lowest BCUT2D eigenvalue weighted by atomic mass is 9.94. The van der Waals surface area contributed by atoms with Gasteiger partial charge in [0.1, 0.15) is 18.0 Å². The van der Waals surface area contributed by atoms with Crippen molar-refractivity contribution in [1.82, 2.24) is 9.55 Å². The van der Waals surface area contributed by atoms with Crippen molar-refractivity contribution < 1.29 is 19.3 Å². The summed E-state index contributed by atoms with van der Waals surface area (Å²) in [6.45, 7) is 4.29. The summed E-state index contributed by atoms with van der Waals surface area (Å²) in [6.07, 6.45) is -5.62. The van der Waals surface area contributed by atoms with Crippen LogP contribution >= 0.6 is 0 Å². The maximum absolute atomic E-state index is 15.2. The predicted molar refractivity (Wildman–Crippen MR) is 76.5 cm³/mol. The number of aromatic nitrogens is 2. The van der Waals surface area contributed by atoms with E-state index in [1.165, 1.54) is 26.8 Å².